The summed E-state index contributed by atoms with van der Waals surface area (Å²) >= 11 is 0. The molecule has 0 fully saturated rings. The Bertz CT molecular complexity index is 855. The predicted octanol–water partition coefficient (Wildman–Crippen LogP) is 3.78. The standard InChI is InChI=1S/C20H23FN4/c1-14(15-6-4-3-5-7-15)25-20(22-2)23-11-10-16-13-24-19-9-8-17(21)12-18(16)19/h3-9,12-14,24H,10-11H2,1-2H3,(H2,22,23,25). The first-order valence-corrected chi connectivity index (χ1v) is 8.45. The molecule has 1 unspecified atom stereocenters. The van der Waals surface area contributed by atoms with Crippen LogP contribution < -0.4 is 10.6 Å². The molecule has 4 nitrogen and oxygen atoms in total. The largest absolute Gasteiger partial charge is 0.361 e. The number of aromatic amines is 1. The Morgan fingerprint density at radius 2 is 2.00 bits per heavy atom. The first kappa shape index (κ1) is 17.0. The normalized spacial score (nSPS) is 13.0. The highest BCUT2D eigenvalue weighted by molar-refractivity contribution is 5.83. The third-order valence-electron chi connectivity index (χ3n) is 4.29. The van der Waals surface area contributed by atoms with E-state index in [4.69, 9.17) is 0 Å². The van der Waals surface area contributed by atoms with Gasteiger partial charge in [-0.25, -0.2) is 4.39 Å². The molecule has 25 heavy (non-hydrogen) atoms. The fraction of sp³-hybridized carbons (Fsp3) is 0.250. The van der Waals surface area contributed by atoms with Gasteiger partial charge in [0.2, 0.25) is 0 Å². The van der Waals surface area contributed by atoms with Gasteiger partial charge in [0.05, 0.1) is 6.04 Å². The molecule has 1 aromatic heterocycles. The van der Waals surface area contributed by atoms with E-state index in [-0.39, 0.29) is 11.9 Å². The third kappa shape index (κ3) is 4.18. The fourth-order valence-electron chi connectivity index (χ4n) is 2.90. The number of aliphatic imine (C=N–C) groups is 1. The minimum absolute atomic E-state index is 0.162. The van der Waals surface area contributed by atoms with E-state index in [0.717, 1.165) is 28.8 Å². The molecule has 0 aliphatic carbocycles. The summed E-state index contributed by atoms with van der Waals surface area (Å²) in [5, 5.41) is 7.63. The predicted molar refractivity (Wildman–Crippen MR) is 101 cm³/mol. The highest BCUT2D eigenvalue weighted by atomic mass is 19.1. The maximum absolute atomic E-state index is 13.4. The number of guanidine groups is 1. The summed E-state index contributed by atoms with van der Waals surface area (Å²) in [4.78, 5) is 7.46. The fourth-order valence-corrected chi connectivity index (χ4v) is 2.90. The van der Waals surface area contributed by atoms with E-state index in [1.165, 1.54) is 11.6 Å². The second kappa shape index (κ2) is 7.83. The van der Waals surface area contributed by atoms with Crippen LogP contribution in [0.15, 0.2) is 59.7 Å². The van der Waals surface area contributed by atoms with Crippen LogP contribution in [0, 0.1) is 5.82 Å². The maximum atomic E-state index is 13.4. The Kier molecular flexibility index (Phi) is 5.33. The van der Waals surface area contributed by atoms with Gasteiger partial charge in [-0.2, -0.15) is 0 Å². The number of hydrogen-bond donors (Lipinski definition) is 3. The van der Waals surface area contributed by atoms with Gasteiger partial charge >= 0.3 is 0 Å². The summed E-state index contributed by atoms with van der Waals surface area (Å²) in [5.74, 6) is 0.540. The molecule has 0 amide bonds. The molecule has 5 heteroatoms. The van der Waals surface area contributed by atoms with E-state index in [2.05, 4.69) is 39.7 Å². The summed E-state index contributed by atoms with van der Waals surface area (Å²) in [5.41, 5.74) is 3.25. The molecule has 2 aromatic carbocycles. The number of benzene rings is 2. The van der Waals surface area contributed by atoms with Gasteiger partial charge in [-0.15, -0.1) is 0 Å². The number of hydrogen-bond acceptors (Lipinski definition) is 1. The number of nitrogens with zero attached hydrogens (tertiary/aromatic N) is 1. The molecular weight excluding hydrogens is 315 g/mol. The second-order valence-corrected chi connectivity index (χ2v) is 6.03. The van der Waals surface area contributed by atoms with Crippen LogP contribution in [0.5, 0.6) is 0 Å². The lowest BCUT2D eigenvalue weighted by molar-refractivity contribution is 0.629. The summed E-state index contributed by atoms with van der Waals surface area (Å²) in [6, 6.07) is 15.2. The summed E-state index contributed by atoms with van der Waals surface area (Å²) < 4.78 is 13.4. The monoisotopic (exact) mass is 338 g/mol. The van der Waals surface area contributed by atoms with Gasteiger partial charge in [-0.05, 0) is 42.7 Å². The second-order valence-electron chi connectivity index (χ2n) is 6.03. The van der Waals surface area contributed by atoms with E-state index < -0.39 is 0 Å². The molecule has 3 rings (SSSR count). The van der Waals surface area contributed by atoms with Crippen LogP contribution in [0.2, 0.25) is 0 Å². The zero-order chi connectivity index (χ0) is 17.6. The van der Waals surface area contributed by atoms with Crippen LogP contribution in [0.25, 0.3) is 10.9 Å². The van der Waals surface area contributed by atoms with Crippen molar-refractivity contribution in [2.24, 2.45) is 4.99 Å². The molecule has 0 aliphatic rings. The van der Waals surface area contributed by atoms with Crippen molar-refractivity contribution in [3.8, 4) is 0 Å². The van der Waals surface area contributed by atoms with Gasteiger partial charge in [-0.3, -0.25) is 4.99 Å². The van der Waals surface area contributed by atoms with Crippen LogP contribution in [0.1, 0.15) is 24.1 Å². The van der Waals surface area contributed by atoms with E-state index >= 15 is 0 Å². The number of aromatic nitrogens is 1. The lowest BCUT2D eigenvalue weighted by atomic mass is 10.1. The lowest BCUT2D eigenvalue weighted by Crippen LogP contribution is -2.39. The molecule has 3 aromatic rings. The van der Waals surface area contributed by atoms with Crippen LogP contribution in [0.4, 0.5) is 4.39 Å². The van der Waals surface area contributed by atoms with Crippen molar-refractivity contribution in [2.75, 3.05) is 13.6 Å². The van der Waals surface area contributed by atoms with Crippen molar-refractivity contribution < 1.29 is 4.39 Å². The Labute approximate surface area is 147 Å². The topological polar surface area (TPSA) is 52.2 Å². The van der Waals surface area contributed by atoms with E-state index in [0.29, 0.717) is 6.54 Å². The average molecular weight is 338 g/mol. The number of rotatable bonds is 5. The van der Waals surface area contributed by atoms with E-state index in [1.54, 1.807) is 19.2 Å². The van der Waals surface area contributed by atoms with Gasteiger partial charge in [0.1, 0.15) is 5.82 Å². The minimum Gasteiger partial charge on any atom is -0.361 e. The molecule has 130 valence electrons. The van der Waals surface area contributed by atoms with E-state index in [1.807, 2.05) is 24.4 Å². The third-order valence-corrected chi connectivity index (χ3v) is 4.29. The van der Waals surface area contributed by atoms with Crippen molar-refractivity contribution in [1.82, 2.24) is 15.6 Å². The highest BCUT2D eigenvalue weighted by Gasteiger charge is 2.08. The lowest BCUT2D eigenvalue weighted by Gasteiger charge is -2.18. The van der Waals surface area contributed by atoms with Crippen molar-refractivity contribution in [3.63, 3.8) is 0 Å². The SMILES string of the molecule is CN=C(NCCc1c[nH]c2ccc(F)cc12)NC(C)c1ccccc1. The van der Waals surface area contributed by atoms with Crippen molar-refractivity contribution in [3.05, 3.63) is 71.7 Å². The summed E-state index contributed by atoms with van der Waals surface area (Å²) in [6.45, 7) is 2.81. The molecular formula is C20H23FN4. The highest BCUT2D eigenvalue weighted by Crippen LogP contribution is 2.19. The van der Waals surface area contributed by atoms with Gasteiger partial charge < -0.3 is 15.6 Å². The minimum atomic E-state index is -0.213. The summed E-state index contributed by atoms with van der Waals surface area (Å²) in [6.07, 6.45) is 2.72. The molecule has 0 spiro atoms. The molecule has 1 heterocycles. The van der Waals surface area contributed by atoms with E-state index in [9.17, 15) is 4.39 Å². The van der Waals surface area contributed by atoms with Crippen LogP contribution in [-0.4, -0.2) is 24.5 Å². The molecule has 0 radical (unpaired) electrons. The first-order valence-electron chi connectivity index (χ1n) is 8.45. The van der Waals surface area contributed by atoms with Gasteiger partial charge in [-0.1, -0.05) is 30.3 Å². The quantitative estimate of drug-likeness (QED) is 0.490. The van der Waals surface area contributed by atoms with Gasteiger partial charge in [0.15, 0.2) is 5.96 Å². The Balaban J connectivity index is 1.57. The Morgan fingerprint density at radius 1 is 1.20 bits per heavy atom. The molecule has 0 saturated carbocycles. The number of H-pyrrole nitrogens is 1. The van der Waals surface area contributed by atoms with Crippen molar-refractivity contribution in [2.45, 2.75) is 19.4 Å². The van der Waals surface area contributed by atoms with Crippen molar-refractivity contribution >= 4 is 16.9 Å². The van der Waals surface area contributed by atoms with Crippen LogP contribution in [-0.2, 0) is 6.42 Å². The van der Waals surface area contributed by atoms with Crippen LogP contribution in [0.3, 0.4) is 0 Å². The van der Waals surface area contributed by atoms with Crippen molar-refractivity contribution in [1.29, 1.82) is 0 Å². The average Bonchev–Trinajstić information content (AvgIpc) is 3.03. The Hall–Kier alpha value is -2.82. The molecule has 0 saturated heterocycles. The number of nitrogens with one attached hydrogen (secondary N) is 3. The molecule has 0 bridgehead atoms. The molecule has 3 N–H and O–H groups in total. The number of halogens is 1. The zero-order valence-electron chi connectivity index (χ0n) is 14.5. The Morgan fingerprint density at radius 3 is 2.76 bits per heavy atom. The number of fused-ring (bicyclic) bond motifs is 1. The maximum Gasteiger partial charge on any atom is 0.191 e. The molecule has 0 aliphatic heterocycles. The smallest absolute Gasteiger partial charge is 0.191 e. The summed E-state index contributed by atoms with van der Waals surface area (Å²) in [7, 11) is 1.76. The molecule has 1 atom stereocenters. The zero-order valence-corrected chi connectivity index (χ0v) is 14.5. The van der Waals surface area contributed by atoms with Crippen LogP contribution >= 0.6 is 0 Å². The first-order chi connectivity index (χ1) is 12.2. The van der Waals surface area contributed by atoms with Gasteiger partial charge in [0, 0.05) is 30.7 Å². The van der Waals surface area contributed by atoms with Gasteiger partial charge in [0.25, 0.3) is 0 Å².